The van der Waals surface area contributed by atoms with E-state index in [-0.39, 0.29) is 11.7 Å². The van der Waals surface area contributed by atoms with Crippen LogP contribution < -0.4 is 0 Å². The van der Waals surface area contributed by atoms with Crippen molar-refractivity contribution in [2.24, 2.45) is 0 Å². The highest BCUT2D eigenvalue weighted by atomic mass is 32.1. The summed E-state index contributed by atoms with van der Waals surface area (Å²) in [5, 5.41) is 2.21. The van der Waals surface area contributed by atoms with Crippen molar-refractivity contribution in [2.75, 3.05) is 13.1 Å². The summed E-state index contributed by atoms with van der Waals surface area (Å²) in [5.41, 5.74) is 1.86. The molecule has 21 heavy (non-hydrogen) atoms. The van der Waals surface area contributed by atoms with Gasteiger partial charge in [-0.05, 0) is 43.9 Å². The number of amides is 1. The minimum atomic E-state index is -0.294. The van der Waals surface area contributed by atoms with Gasteiger partial charge in [-0.25, -0.2) is 9.37 Å². The third kappa shape index (κ3) is 2.97. The molecule has 1 aromatic carbocycles. The lowest BCUT2D eigenvalue weighted by Gasteiger charge is -2.25. The van der Waals surface area contributed by atoms with E-state index in [1.54, 1.807) is 11.4 Å². The van der Waals surface area contributed by atoms with Crippen LogP contribution in [0.25, 0.3) is 11.3 Å². The fourth-order valence-corrected chi connectivity index (χ4v) is 3.34. The molecule has 0 spiro atoms. The van der Waals surface area contributed by atoms with Crippen molar-refractivity contribution in [3.8, 4) is 11.3 Å². The summed E-state index contributed by atoms with van der Waals surface area (Å²) in [6, 6.07) is 5.06. The Morgan fingerprint density at radius 3 is 2.76 bits per heavy atom. The van der Waals surface area contributed by atoms with E-state index in [0.29, 0.717) is 16.3 Å². The number of aryl methyl sites for hydroxylation is 1. The van der Waals surface area contributed by atoms with Gasteiger partial charge in [0.2, 0.25) is 0 Å². The average molecular weight is 304 g/mol. The Labute approximate surface area is 127 Å². The van der Waals surface area contributed by atoms with Crippen molar-refractivity contribution in [3.05, 3.63) is 40.0 Å². The van der Waals surface area contributed by atoms with Crippen LogP contribution in [0.3, 0.4) is 0 Å². The highest BCUT2D eigenvalue weighted by molar-refractivity contribution is 7.12. The topological polar surface area (TPSA) is 33.2 Å². The Morgan fingerprint density at radius 1 is 1.29 bits per heavy atom. The number of halogens is 1. The maximum absolute atomic E-state index is 14.0. The number of hydrogen-bond acceptors (Lipinski definition) is 3. The molecule has 3 nitrogen and oxygen atoms in total. The van der Waals surface area contributed by atoms with Crippen LogP contribution in [0.4, 0.5) is 4.39 Å². The fraction of sp³-hybridized carbons (Fsp3) is 0.375. The molecule has 3 rings (SSSR count). The average Bonchev–Trinajstić information content (AvgIpc) is 2.97. The van der Waals surface area contributed by atoms with E-state index in [1.807, 2.05) is 17.9 Å². The zero-order valence-corrected chi connectivity index (χ0v) is 12.8. The second-order valence-corrected chi connectivity index (χ2v) is 6.23. The number of rotatable bonds is 2. The Bertz CT molecular complexity index is 662. The predicted octanol–water partition coefficient (Wildman–Crippen LogP) is 3.88. The first-order valence-electron chi connectivity index (χ1n) is 7.16. The largest absolute Gasteiger partial charge is 0.337 e. The maximum Gasteiger partial charge on any atom is 0.282 e. The van der Waals surface area contributed by atoms with Gasteiger partial charge in [0.15, 0.2) is 5.01 Å². The molecule has 1 amide bonds. The smallest absolute Gasteiger partial charge is 0.282 e. The van der Waals surface area contributed by atoms with Crippen LogP contribution >= 0.6 is 11.3 Å². The molecule has 1 saturated heterocycles. The van der Waals surface area contributed by atoms with Gasteiger partial charge in [-0.1, -0.05) is 6.07 Å². The molecule has 0 saturated carbocycles. The molecule has 5 heteroatoms. The summed E-state index contributed by atoms with van der Waals surface area (Å²) >= 11 is 1.29. The molecule has 2 heterocycles. The van der Waals surface area contributed by atoms with Crippen LogP contribution in [0.15, 0.2) is 23.6 Å². The first-order chi connectivity index (χ1) is 10.1. The van der Waals surface area contributed by atoms with Gasteiger partial charge in [0.25, 0.3) is 5.91 Å². The second kappa shape index (κ2) is 5.93. The second-order valence-electron chi connectivity index (χ2n) is 5.37. The van der Waals surface area contributed by atoms with Crippen LogP contribution in [0.5, 0.6) is 0 Å². The highest BCUT2D eigenvalue weighted by Gasteiger charge is 2.21. The number of carbonyl (C=O) groups is 1. The fourth-order valence-electron chi connectivity index (χ4n) is 2.56. The van der Waals surface area contributed by atoms with Crippen LogP contribution in [0.1, 0.15) is 34.6 Å². The van der Waals surface area contributed by atoms with Gasteiger partial charge >= 0.3 is 0 Å². The summed E-state index contributed by atoms with van der Waals surface area (Å²) in [6.45, 7) is 3.44. The van der Waals surface area contributed by atoms with Crippen molar-refractivity contribution in [1.29, 1.82) is 0 Å². The van der Waals surface area contributed by atoms with Gasteiger partial charge in [-0.2, -0.15) is 0 Å². The molecule has 1 aliphatic heterocycles. The number of aromatic nitrogens is 1. The van der Waals surface area contributed by atoms with Gasteiger partial charge in [0.05, 0.1) is 5.69 Å². The van der Waals surface area contributed by atoms with E-state index in [9.17, 15) is 9.18 Å². The number of likely N-dealkylation sites (tertiary alicyclic amines) is 1. The van der Waals surface area contributed by atoms with Crippen LogP contribution in [0, 0.1) is 12.7 Å². The summed E-state index contributed by atoms with van der Waals surface area (Å²) in [6.07, 6.45) is 3.29. The monoisotopic (exact) mass is 304 g/mol. The Hall–Kier alpha value is -1.75. The third-order valence-corrected chi connectivity index (χ3v) is 4.56. The quantitative estimate of drug-likeness (QED) is 0.843. The zero-order chi connectivity index (χ0) is 14.8. The first kappa shape index (κ1) is 14.2. The van der Waals surface area contributed by atoms with E-state index in [1.165, 1.54) is 23.8 Å². The summed E-state index contributed by atoms with van der Waals surface area (Å²) < 4.78 is 14.0. The van der Waals surface area contributed by atoms with Crippen LogP contribution in [-0.4, -0.2) is 28.9 Å². The lowest BCUT2D eigenvalue weighted by Crippen LogP contribution is -2.35. The lowest BCUT2D eigenvalue weighted by molar-refractivity contribution is 0.0724. The summed E-state index contributed by atoms with van der Waals surface area (Å²) in [5.74, 6) is -0.323. The van der Waals surface area contributed by atoms with Gasteiger partial charge in [0, 0.05) is 24.0 Å². The number of benzene rings is 1. The van der Waals surface area contributed by atoms with E-state index in [2.05, 4.69) is 4.98 Å². The molecule has 0 unspecified atom stereocenters. The molecule has 1 aromatic heterocycles. The van der Waals surface area contributed by atoms with Gasteiger partial charge in [-0.15, -0.1) is 11.3 Å². The SMILES string of the molecule is Cc1ccc(-c2csc(C(=O)N3CCCCC3)n2)c(F)c1. The normalized spacial score (nSPS) is 15.2. The number of nitrogens with zero attached hydrogens (tertiary/aromatic N) is 2. The highest BCUT2D eigenvalue weighted by Crippen LogP contribution is 2.26. The standard InChI is InChI=1S/C16H17FN2OS/c1-11-5-6-12(13(17)9-11)14-10-21-15(18-14)16(20)19-7-3-2-4-8-19/h5-6,9-10H,2-4,7-8H2,1H3. The first-order valence-corrected chi connectivity index (χ1v) is 8.04. The number of carbonyl (C=O) groups excluding carboxylic acids is 1. The molecular weight excluding hydrogens is 287 g/mol. The Kier molecular flexibility index (Phi) is 4.01. The molecule has 110 valence electrons. The molecular formula is C16H17FN2OS. The van der Waals surface area contributed by atoms with Gasteiger partial charge < -0.3 is 4.90 Å². The molecule has 0 bridgehead atoms. The molecule has 0 atom stereocenters. The number of thiazole rings is 1. The zero-order valence-electron chi connectivity index (χ0n) is 11.9. The number of hydrogen-bond donors (Lipinski definition) is 0. The van der Waals surface area contributed by atoms with Crippen molar-refractivity contribution in [1.82, 2.24) is 9.88 Å². The van der Waals surface area contributed by atoms with E-state index in [0.717, 1.165) is 31.5 Å². The Morgan fingerprint density at radius 2 is 2.05 bits per heavy atom. The van der Waals surface area contributed by atoms with E-state index >= 15 is 0 Å². The molecule has 0 radical (unpaired) electrons. The van der Waals surface area contributed by atoms with Crippen molar-refractivity contribution in [2.45, 2.75) is 26.2 Å². The van der Waals surface area contributed by atoms with E-state index in [4.69, 9.17) is 0 Å². The van der Waals surface area contributed by atoms with Crippen molar-refractivity contribution in [3.63, 3.8) is 0 Å². The van der Waals surface area contributed by atoms with Crippen molar-refractivity contribution >= 4 is 17.2 Å². The minimum Gasteiger partial charge on any atom is -0.337 e. The molecule has 0 aliphatic carbocycles. The van der Waals surface area contributed by atoms with Crippen LogP contribution in [0.2, 0.25) is 0 Å². The Balaban J connectivity index is 1.84. The molecule has 2 aromatic rings. The van der Waals surface area contributed by atoms with Crippen molar-refractivity contribution < 1.29 is 9.18 Å². The number of piperidine rings is 1. The van der Waals surface area contributed by atoms with E-state index < -0.39 is 0 Å². The molecule has 1 aliphatic rings. The van der Waals surface area contributed by atoms with Gasteiger partial charge in [-0.3, -0.25) is 4.79 Å². The predicted molar refractivity (Wildman–Crippen MR) is 82.0 cm³/mol. The maximum atomic E-state index is 14.0. The lowest BCUT2D eigenvalue weighted by atomic mass is 10.1. The van der Waals surface area contributed by atoms with Gasteiger partial charge in [0.1, 0.15) is 5.82 Å². The van der Waals surface area contributed by atoms with Crippen LogP contribution in [-0.2, 0) is 0 Å². The third-order valence-electron chi connectivity index (χ3n) is 3.73. The minimum absolute atomic E-state index is 0.0292. The molecule has 0 N–H and O–H groups in total. The summed E-state index contributed by atoms with van der Waals surface area (Å²) in [7, 11) is 0. The molecule has 1 fully saturated rings. The summed E-state index contributed by atoms with van der Waals surface area (Å²) in [4.78, 5) is 18.5.